The number of hydrogen-bond donors (Lipinski definition) is 1. The molecule has 1 heterocycles. The molecule has 0 saturated carbocycles. The lowest BCUT2D eigenvalue weighted by Crippen LogP contribution is -2.36. The number of ketones is 1. The smallest absolute Gasteiger partial charge is 0.183 e. The van der Waals surface area contributed by atoms with Gasteiger partial charge < -0.3 is 14.7 Å². The summed E-state index contributed by atoms with van der Waals surface area (Å²) in [7, 11) is 0. The molecular weight excluding hydrogens is 270 g/mol. The number of azo groups is 1. The maximum atomic E-state index is 11.3. The molecular formula is C15H19N3O3. The van der Waals surface area contributed by atoms with E-state index in [1.54, 1.807) is 0 Å². The molecule has 6 nitrogen and oxygen atoms in total. The summed E-state index contributed by atoms with van der Waals surface area (Å²) in [5.41, 5.74) is 1.72. The third kappa shape index (κ3) is 4.13. The summed E-state index contributed by atoms with van der Waals surface area (Å²) >= 11 is 0. The first-order chi connectivity index (χ1) is 10.1. The Bertz CT molecular complexity index is 554. The van der Waals surface area contributed by atoms with Crippen LogP contribution in [0, 0.1) is 0 Å². The molecule has 1 aromatic carbocycles. The van der Waals surface area contributed by atoms with E-state index >= 15 is 0 Å². The van der Waals surface area contributed by atoms with Gasteiger partial charge in [-0.2, -0.15) is 5.11 Å². The fraction of sp³-hybridized carbons (Fsp3) is 0.400. The number of carbonyl (C=O) groups excluding carboxylic acids is 1. The highest BCUT2D eigenvalue weighted by atomic mass is 16.5. The van der Waals surface area contributed by atoms with Crippen LogP contribution < -0.4 is 4.90 Å². The molecule has 6 heteroatoms. The Morgan fingerprint density at radius 2 is 1.81 bits per heavy atom. The lowest BCUT2D eigenvalue weighted by atomic mass is 10.2. The minimum absolute atomic E-state index is 0.0211. The molecule has 1 saturated heterocycles. The van der Waals surface area contributed by atoms with E-state index in [0.717, 1.165) is 32.0 Å². The Hall–Kier alpha value is -2.21. The van der Waals surface area contributed by atoms with Crippen molar-refractivity contribution in [2.75, 3.05) is 31.2 Å². The van der Waals surface area contributed by atoms with Crippen molar-refractivity contribution in [1.29, 1.82) is 0 Å². The highest BCUT2D eigenvalue weighted by molar-refractivity contribution is 5.93. The number of allylic oxidation sites excluding steroid dienone is 2. The molecule has 0 aliphatic carbocycles. The van der Waals surface area contributed by atoms with E-state index in [9.17, 15) is 9.90 Å². The van der Waals surface area contributed by atoms with Crippen LogP contribution in [-0.4, -0.2) is 37.2 Å². The van der Waals surface area contributed by atoms with Crippen LogP contribution >= 0.6 is 0 Å². The standard InChI is InChI=1S/C15H19N3O3/c1-11(19)15(12(2)20)17-16-13-3-5-14(6-4-13)18-7-9-21-10-8-18/h3-6,19H,7-10H2,1-2H3. The number of Topliss-reactive ketones (excluding diaryl/α,β-unsaturated/α-hetero) is 1. The van der Waals surface area contributed by atoms with Gasteiger partial charge in [0.2, 0.25) is 0 Å². The van der Waals surface area contributed by atoms with Crippen LogP contribution in [0.25, 0.3) is 0 Å². The van der Waals surface area contributed by atoms with E-state index < -0.39 is 0 Å². The molecule has 1 aromatic rings. The van der Waals surface area contributed by atoms with Crippen LogP contribution in [0.5, 0.6) is 0 Å². The molecule has 0 unspecified atom stereocenters. The summed E-state index contributed by atoms with van der Waals surface area (Å²) in [6.45, 7) is 5.99. The molecule has 1 fully saturated rings. The molecule has 21 heavy (non-hydrogen) atoms. The SMILES string of the molecule is CC(=O)C(N=Nc1ccc(N2CCOCC2)cc1)=C(C)O. The average Bonchev–Trinajstić information content (AvgIpc) is 2.48. The molecule has 1 N–H and O–H groups in total. The summed E-state index contributed by atoms with van der Waals surface area (Å²) < 4.78 is 5.32. The predicted molar refractivity (Wildman–Crippen MR) is 80.0 cm³/mol. The van der Waals surface area contributed by atoms with E-state index in [4.69, 9.17) is 4.74 Å². The van der Waals surface area contributed by atoms with Gasteiger partial charge in [-0.3, -0.25) is 4.79 Å². The first-order valence-corrected chi connectivity index (χ1v) is 6.83. The second-order valence-corrected chi connectivity index (χ2v) is 4.81. The van der Waals surface area contributed by atoms with Crippen molar-refractivity contribution in [1.82, 2.24) is 0 Å². The van der Waals surface area contributed by atoms with E-state index in [2.05, 4.69) is 15.1 Å². The van der Waals surface area contributed by atoms with E-state index in [1.807, 2.05) is 24.3 Å². The maximum Gasteiger partial charge on any atom is 0.183 e. The number of anilines is 1. The van der Waals surface area contributed by atoms with Crippen molar-refractivity contribution in [3.63, 3.8) is 0 Å². The summed E-state index contributed by atoms with van der Waals surface area (Å²) in [5, 5.41) is 17.1. The highest BCUT2D eigenvalue weighted by Gasteiger charge is 2.11. The monoisotopic (exact) mass is 289 g/mol. The zero-order valence-corrected chi connectivity index (χ0v) is 12.2. The Balaban J connectivity index is 2.08. The third-order valence-corrected chi connectivity index (χ3v) is 3.17. The van der Waals surface area contributed by atoms with Crippen molar-refractivity contribution < 1.29 is 14.6 Å². The van der Waals surface area contributed by atoms with E-state index in [0.29, 0.717) is 5.69 Å². The Morgan fingerprint density at radius 3 is 2.33 bits per heavy atom. The number of rotatable bonds is 4. The van der Waals surface area contributed by atoms with Crippen molar-refractivity contribution in [2.45, 2.75) is 13.8 Å². The number of morpholine rings is 1. The molecule has 0 atom stereocenters. The largest absolute Gasteiger partial charge is 0.510 e. The molecule has 2 rings (SSSR count). The van der Waals surface area contributed by atoms with Crippen LogP contribution in [0.3, 0.4) is 0 Å². The van der Waals surface area contributed by atoms with Crippen LogP contribution in [0.1, 0.15) is 13.8 Å². The highest BCUT2D eigenvalue weighted by Crippen LogP contribution is 2.21. The quantitative estimate of drug-likeness (QED) is 0.525. The normalized spacial score (nSPS) is 17.0. The Kier molecular flexibility index (Phi) is 5.05. The zero-order valence-electron chi connectivity index (χ0n) is 12.2. The predicted octanol–water partition coefficient (Wildman–Crippen LogP) is 2.99. The van der Waals surface area contributed by atoms with E-state index in [1.165, 1.54) is 13.8 Å². The average molecular weight is 289 g/mol. The lowest BCUT2D eigenvalue weighted by molar-refractivity contribution is -0.113. The van der Waals surface area contributed by atoms with Gasteiger partial charge in [0.1, 0.15) is 5.76 Å². The number of ether oxygens (including phenoxy) is 1. The van der Waals surface area contributed by atoms with Gasteiger partial charge >= 0.3 is 0 Å². The maximum absolute atomic E-state index is 11.3. The molecule has 1 aliphatic heterocycles. The minimum atomic E-state index is -0.316. The van der Waals surface area contributed by atoms with Crippen molar-refractivity contribution in [2.24, 2.45) is 10.2 Å². The van der Waals surface area contributed by atoms with E-state index in [-0.39, 0.29) is 17.2 Å². The van der Waals surface area contributed by atoms with Crippen LogP contribution in [0.15, 0.2) is 46.0 Å². The van der Waals surface area contributed by atoms with Gasteiger partial charge in [-0.1, -0.05) is 0 Å². The summed E-state index contributed by atoms with van der Waals surface area (Å²) in [4.78, 5) is 13.5. The molecule has 1 aliphatic rings. The number of aliphatic hydroxyl groups excluding tert-OH is 1. The second-order valence-electron chi connectivity index (χ2n) is 4.81. The lowest BCUT2D eigenvalue weighted by Gasteiger charge is -2.28. The summed E-state index contributed by atoms with van der Waals surface area (Å²) in [6.07, 6.45) is 0. The molecule has 112 valence electrons. The zero-order chi connectivity index (χ0) is 15.2. The molecule has 0 spiro atoms. The van der Waals surface area contributed by atoms with Gasteiger partial charge in [-0.15, -0.1) is 5.11 Å². The van der Waals surface area contributed by atoms with Crippen molar-refractivity contribution in [3.8, 4) is 0 Å². The van der Waals surface area contributed by atoms with Gasteiger partial charge in [0.25, 0.3) is 0 Å². The molecule has 0 amide bonds. The van der Waals surface area contributed by atoms with Crippen LogP contribution in [0.2, 0.25) is 0 Å². The number of nitrogens with zero attached hydrogens (tertiary/aromatic N) is 3. The number of hydrogen-bond acceptors (Lipinski definition) is 6. The first kappa shape index (κ1) is 15.2. The fourth-order valence-corrected chi connectivity index (χ4v) is 2.06. The molecule has 0 aromatic heterocycles. The molecule has 0 radical (unpaired) electrons. The number of carbonyl (C=O) groups is 1. The Labute approximate surface area is 123 Å². The van der Waals surface area contributed by atoms with Gasteiger partial charge in [0.15, 0.2) is 11.5 Å². The number of aliphatic hydroxyl groups is 1. The van der Waals surface area contributed by atoms with Crippen LogP contribution in [0.4, 0.5) is 11.4 Å². The van der Waals surface area contributed by atoms with Crippen molar-refractivity contribution >= 4 is 17.2 Å². The first-order valence-electron chi connectivity index (χ1n) is 6.83. The fourth-order valence-electron chi connectivity index (χ4n) is 2.06. The van der Waals surface area contributed by atoms with Gasteiger partial charge in [-0.25, -0.2) is 0 Å². The van der Waals surface area contributed by atoms with Gasteiger partial charge in [-0.05, 0) is 31.2 Å². The van der Waals surface area contributed by atoms with Gasteiger partial charge in [0, 0.05) is 25.7 Å². The topological polar surface area (TPSA) is 74.5 Å². The minimum Gasteiger partial charge on any atom is -0.510 e. The van der Waals surface area contributed by atoms with Crippen molar-refractivity contribution in [3.05, 3.63) is 35.7 Å². The Morgan fingerprint density at radius 1 is 1.19 bits per heavy atom. The number of benzene rings is 1. The van der Waals surface area contributed by atoms with Crippen LogP contribution in [-0.2, 0) is 9.53 Å². The summed E-state index contributed by atoms with van der Waals surface area (Å²) in [6, 6.07) is 7.59. The second kappa shape index (κ2) is 6.99. The molecule has 0 bridgehead atoms. The summed E-state index contributed by atoms with van der Waals surface area (Å²) in [5.74, 6) is -0.445. The third-order valence-electron chi connectivity index (χ3n) is 3.17. The van der Waals surface area contributed by atoms with Gasteiger partial charge in [0.05, 0.1) is 18.9 Å².